The SMILES string of the molecule is CC(C)Cc1ccccc1C(C)C(N)=O. The zero-order valence-corrected chi connectivity index (χ0v) is 9.66. The van der Waals surface area contributed by atoms with Gasteiger partial charge in [0.15, 0.2) is 0 Å². The number of benzene rings is 1. The summed E-state index contributed by atoms with van der Waals surface area (Å²) in [4.78, 5) is 11.2. The fourth-order valence-electron chi connectivity index (χ4n) is 1.74. The van der Waals surface area contributed by atoms with Gasteiger partial charge in [-0.3, -0.25) is 4.79 Å². The first-order valence-corrected chi connectivity index (χ1v) is 5.39. The summed E-state index contributed by atoms with van der Waals surface area (Å²) in [6.07, 6.45) is 0.994. The Balaban J connectivity index is 3.00. The molecule has 0 aliphatic carbocycles. The van der Waals surface area contributed by atoms with Crippen LogP contribution in [-0.2, 0) is 11.2 Å². The van der Waals surface area contributed by atoms with Crippen molar-refractivity contribution in [2.24, 2.45) is 11.7 Å². The van der Waals surface area contributed by atoms with Gasteiger partial charge in [-0.2, -0.15) is 0 Å². The summed E-state index contributed by atoms with van der Waals surface area (Å²) in [5.41, 5.74) is 7.63. The highest BCUT2D eigenvalue weighted by Crippen LogP contribution is 2.21. The summed E-state index contributed by atoms with van der Waals surface area (Å²) in [6.45, 7) is 6.21. The lowest BCUT2D eigenvalue weighted by Crippen LogP contribution is -2.20. The van der Waals surface area contributed by atoms with Crippen molar-refractivity contribution in [2.75, 3.05) is 0 Å². The Morgan fingerprint density at radius 3 is 2.40 bits per heavy atom. The number of hydrogen-bond donors (Lipinski definition) is 1. The monoisotopic (exact) mass is 205 g/mol. The van der Waals surface area contributed by atoms with E-state index in [0.29, 0.717) is 5.92 Å². The molecule has 1 atom stereocenters. The minimum absolute atomic E-state index is 0.194. The molecule has 0 aliphatic heterocycles. The van der Waals surface area contributed by atoms with Crippen LogP contribution in [0, 0.1) is 5.92 Å². The Morgan fingerprint density at radius 2 is 1.87 bits per heavy atom. The molecule has 2 nitrogen and oxygen atoms in total. The fourth-order valence-corrected chi connectivity index (χ4v) is 1.74. The van der Waals surface area contributed by atoms with Crippen LogP contribution in [-0.4, -0.2) is 5.91 Å². The summed E-state index contributed by atoms with van der Waals surface area (Å²) in [5, 5.41) is 0. The zero-order chi connectivity index (χ0) is 11.4. The fraction of sp³-hybridized carbons (Fsp3) is 0.462. The number of amides is 1. The molecule has 1 unspecified atom stereocenters. The Labute approximate surface area is 91.5 Å². The lowest BCUT2D eigenvalue weighted by Gasteiger charge is -2.15. The maximum Gasteiger partial charge on any atom is 0.224 e. The standard InChI is InChI=1S/C13H19NO/c1-9(2)8-11-6-4-5-7-12(11)10(3)13(14)15/h4-7,9-10H,8H2,1-3H3,(H2,14,15). The van der Waals surface area contributed by atoms with E-state index in [1.54, 1.807) is 0 Å². The molecule has 0 aliphatic rings. The summed E-state index contributed by atoms with van der Waals surface area (Å²) < 4.78 is 0. The number of rotatable bonds is 4. The van der Waals surface area contributed by atoms with Crippen LogP contribution in [0.25, 0.3) is 0 Å². The molecule has 0 spiro atoms. The molecule has 1 amide bonds. The number of nitrogens with two attached hydrogens (primary N) is 1. The second-order valence-corrected chi connectivity index (χ2v) is 4.42. The average molecular weight is 205 g/mol. The number of carbonyl (C=O) groups is 1. The van der Waals surface area contributed by atoms with Crippen molar-refractivity contribution >= 4 is 5.91 Å². The molecule has 0 bridgehead atoms. The van der Waals surface area contributed by atoms with Crippen LogP contribution < -0.4 is 5.73 Å². The third-order valence-electron chi connectivity index (χ3n) is 2.58. The average Bonchev–Trinajstić information content (AvgIpc) is 2.16. The number of carbonyl (C=O) groups excluding carboxylic acids is 1. The molecule has 82 valence electrons. The van der Waals surface area contributed by atoms with Gasteiger partial charge in [-0.05, 0) is 30.4 Å². The molecule has 0 radical (unpaired) electrons. The first-order chi connectivity index (χ1) is 7.02. The minimum atomic E-state index is -0.258. The molecule has 0 aromatic heterocycles. The first kappa shape index (κ1) is 11.8. The van der Waals surface area contributed by atoms with E-state index in [1.165, 1.54) is 5.56 Å². The third-order valence-corrected chi connectivity index (χ3v) is 2.58. The van der Waals surface area contributed by atoms with Crippen molar-refractivity contribution in [3.8, 4) is 0 Å². The summed E-state index contributed by atoms with van der Waals surface area (Å²) in [6, 6.07) is 8.04. The van der Waals surface area contributed by atoms with E-state index in [0.717, 1.165) is 12.0 Å². The maximum atomic E-state index is 11.2. The highest BCUT2D eigenvalue weighted by atomic mass is 16.1. The summed E-state index contributed by atoms with van der Waals surface area (Å²) in [5.74, 6) is 0.136. The predicted octanol–water partition coefficient (Wildman–Crippen LogP) is 2.47. The molecule has 2 heteroatoms. The molecule has 2 N–H and O–H groups in total. The van der Waals surface area contributed by atoms with E-state index in [4.69, 9.17) is 5.73 Å². The smallest absolute Gasteiger partial charge is 0.224 e. The van der Waals surface area contributed by atoms with Crippen molar-refractivity contribution in [2.45, 2.75) is 33.1 Å². The zero-order valence-electron chi connectivity index (χ0n) is 9.66. The molecule has 15 heavy (non-hydrogen) atoms. The van der Waals surface area contributed by atoms with E-state index in [9.17, 15) is 4.79 Å². The Bertz CT molecular complexity index is 344. The lowest BCUT2D eigenvalue weighted by molar-refractivity contribution is -0.119. The van der Waals surface area contributed by atoms with E-state index in [2.05, 4.69) is 19.9 Å². The molecule has 0 fully saturated rings. The van der Waals surface area contributed by atoms with E-state index in [1.807, 2.05) is 25.1 Å². The van der Waals surface area contributed by atoms with Crippen molar-refractivity contribution in [1.82, 2.24) is 0 Å². The Morgan fingerprint density at radius 1 is 1.27 bits per heavy atom. The highest BCUT2D eigenvalue weighted by Gasteiger charge is 2.15. The van der Waals surface area contributed by atoms with Crippen LogP contribution in [0.5, 0.6) is 0 Å². The molecule has 1 aromatic carbocycles. The topological polar surface area (TPSA) is 43.1 Å². The van der Waals surface area contributed by atoms with Gasteiger partial charge in [0, 0.05) is 0 Å². The Kier molecular flexibility index (Phi) is 3.89. The van der Waals surface area contributed by atoms with Crippen LogP contribution >= 0.6 is 0 Å². The normalized spacial score (nSPS) is 12.8. The first-order valence-electron chi connectivity index (χ1n) is 5.39. The van der Waals surface area contributed by atoms with E-state index < -0.39 is 0 Å². The molecule has 1 aromatic rings. The van der Waals surface area contributed by atoms with Crippen LogP contribution in [0.15, 0.2) is 24.3 Å². The van der Waals surface area contributed by atoms with Crippen LogP contribution in [0.1, 0.15) is 37.8 Å². The number of primary amides is 1. The van der Waals surface area contributed by atoms with E-state index in [-0.39, 0.29) is 11.8 Å². The summed E-state index contributed by atoms with van der Waals surface area (Å²) >= 11 is 0. The van der Waals surface area contributed by atoms with Crippen molar-refractivity contribution in [3.63, 3.8) is 0 Å². The van der Waals surface area contributed by atoms with Gasteiger partial charge in [0.1, 0.15) is 0 Å². The van der Waals surface area contributed by atoms with Gasteiger partial charge in [-0.15, -0.1) is 0 Å². The third kappa shape index (κ3) is 3.08. The van der Waals surface area contributed by atoms with Gasteiger partial charge in [-0.1, -0.05) is 38.1 Å². The molecule has 0 saturated carbocycles. The predicted molar refractivity (Wildman–Crippen MR) is 62.6 cm³/mol. The molecular weight excluding hydrogens is 186 g/mol. The van der Waals surface area contributed by atoms with Gasteiger partial charge >= 0.3 is 0 Å². The Hall–Kier alpha value is -1.31. The van der Waals surface area contributed by atoms with Gasteiger partial charge in [0.2, 0.25) is 5.91 Å². The van der Waals surface area contributed by atoms with Crippen LogP contribution in [0.2, 0.25) is 0 Å². The highest BCUT2D eigenvalue weighted by molar-refractivity contribution is 5.81. The minimum Gasteiger partial charge on any atom is -0.369 e. The maximum absolute atomic E-state index is 11.2. The lowest BCUT2D eigenvalue weighted by atomic mass is 9.91. The largest absolute Gasteiger partial charge is 0.369 e. The molecule has 0 heterocycles. The number of hydrogen-bond acceptors (Lipinski definition) is 1. The van der Waals surface area contributed by atoms with Gasteiger partial charge < -0.3 is 5.73 Å². The van der Waals surface area contributed by atoms with E-state index >= 15 is 0 Å². The second kappa shape index (κ2) is 4.96. The van der Waals surface area contributed by atoms with Crippen molar-refractivity contribution in [3.05, 3.63) is 35.4 Å². The molecular formula is C13H19NO. The van der Waals surface area contributed by atoms with Crippen molar-refractivity contribution in [1.29, 1.82) is 0 Å². The van der Waals surface area contributed by atoms with Crippen molar-refractivity contribution < 1.29 is 4.79 Å². The molecule has 0 saturated heterocycles. The van der Waals surface area contributed by atoms with Crippen LogP contribution in [0.4, 0.5) is 0 Å². The van der Waals surface area contributed by atoms with Gasteiger partial charge in [0.25, 0.3) is 0 Å². The second-order valence-electron chi connectivity index (χ2n) is 4.42. The van der Waals surface area contributed by atoms with Gasteiger partial charge in [-0.25, -0.2) is 0 Å². The molecule has 1 rings (SSSR count). The quantitative estimate of drug-likeness (QED) is 0.806. The van der Waals surface area contributed by atoms with Crippen LogP contribution in [0.3, 0.4) is 0 Å². The summed E-state index contributed by atoms with van der Waals surface area (Å²) in [7, 11) is 0. The van der Waals surface area contributed by atoms with Gasteiger partial charge in [0.05, 0.1) is 5.92 Å².